The molecule has 2 aromatic rings. The van der Waals surface area contributed by atoms with Gasteiger partial charge in [-0.15, -0.1) is 11.3 Å². The zero-order chi connectivity index (χ0) is 23.6. The van der Waals surface area contributed by atoms with Crippen LogP contribution in [0.25, 0.3) is 16.7 Å². The van der Waals surface area contributed by atoms with E-state index in [0.29, 0.717) is 19.8 Å². The first-order valence-corrected chi connectivity index (χ1v) is 12.6. The average Bonchev–Trinajstić information content (AvgIpc) is 3.14. The summed E-state index contributed by atoms with van der Waals surface area (Å²) in [5, 5.41) is 0. The Morgan fingerprint density at radius 1 is 1.21 bits per heavy atom. The lowest BCUT2D eigenvalue weighted by Gasteiger charge is -2.28. The molecule has 2 aliphatic heterocycles. The van der Waals surface area contributed by atoms with E-state index in [4.69, 9.17) is 18.9 Å². The van der Waals surface area contributed by atoms with E-state index in [9.17, 15) is 4.79 Å². The number of aryl methyl sites for hydroxylation is 2. The van der Waals surface area contributed by atoms with Crippen LogP contribution in [0.2, 0.25) is 0 Å². The topological polar surface area (TPSA) is 54.0 Å². The average molecular weight is 471 g/mol. The molecule has 0 bridgehead atoms. The van der Waals surface area contributed by atoms with Crippen molar-refractivity contribution in [2.75, 3.05) is 26.4 Å². The summed E-state index contributed by atoms with van der Waals surface area (Å²) in [6, 6.07) is 6.40. The first-order valence-electron chi connectivity index (χ1n) is 11.8. The van der Waals surface area contributed by atoms with Crippen molar-refractivity contribution in [3.8, 4) is 16.9 Å². The Bertz CT molecular complexity index is 1040. The Kier molecular flexibility index (Phi) is 7.27. The molecule has 0 amide bonds. The van der Waals surface area contributed by atoms with Crippen molar-refractivity contribution in [2.45, 2.75) is 65.6 Å². The molecule has 1 aromatic carbocycles. The van der Waals surface area contributed by atoms with Crippen LogP contribution in [0.1, 0.15) is 67.5 Å². The fraction of sp³-hybridized carbons (Fsp3) is 0.519. The maximum Gasteiger partial charge on any atom is 0.340 e. The molecule has 33 heavy (non-hydrogen) atoms. The molecule has 5 nitrogen and oxygen atoms in total. The van der Waals surface area contributed by atoms with Crippen LogP contribution in [0.15, 0.2) is 24.3 Å². The Labute approximate surface area is 200 Å². The molecule has 178 valence electrons. The summed E-state index contributed by atoms with van der Waals surface area (Å²) in [6.45, 7) is 12.2. The molecule has 0 fully saturated rings. The lowest BCUT2D eigenvalue weighted by molar-refractivity contribution is -0.166. The van der Waals surface area contributed by atoms with E-state index in [1.807, 2.05) is 27.7 Å². The van der Waals surface area contributed by atoms with Gasteiger partial charge in [0.25, 0.3) is 0 Å². The number of thiophene rings is 1. The van der Waals surface area contributed by atoms with Crippen molar-refractivity contribution in [2.24, 2.45) is 0 Å². The second-order valence-corrected chi connectivity index (χ2v) is 10.7. The summed E-state index contributed by atoms with van der Waals surface area (Å²) in [5.74, 6) is 0.613. The van der Waals surface area contributed by atoms with Gasteiger partial charge in [-0.1, -0.05) is 12.1 Å². The first kappa shape index (κ1) is 24.0. The van der Waals surface area contributed by atoms with Crippen molar-refractivity contribution in [1.82, 2.24) is 0 Å². The standard InChI is InChI=1S/C27H34O5S/c1-6-30-26(28)24(32-27(3,4)5)22-17(2)33-25(18-11-14-29-15-12-18)23(22)20-9-10-21-19(16-20)8-7-13-31-21/h9-11,16,24H,6-8,12-15H2,1-5H3. The quantitative estimate of drug-likeness (QED) is 0.466. The fourth-order valence-electron chi connectivity index (χ4n) is 4.43. The largest absolute Gasteiger partial charge is 0.493 e. The van der Waals surface area contributed by atoms with Crippen LogP contribution >= 0.6 is 11.3 Å². The zero-order valence-corrected chi connectivity index (χ0v) is 21.1. The summed E-state index contributed by atoms with van der Waals surface area (Å²) < 4.78 is 23.3. The maximum absolute atomic E-state index is 13.2. The molecular weight excluding hydrogens is 436 g/mol. The summed E-state index contributed by atoms with van der Waals surface area (Å²) in [7, 11) is 0. The number of carbonyl (C=O) groups is 1. The Hall–Kier alpha value is -2.15. The summed E-state index contributed by atoms with van der Waals surface area (Å²) in [4.78, 5) is 15.4. The summed E-state index contributed by atoms with van der Waals surface area (Å²) in [5.41, 5.74) is 5.04. The van der Waals surface area contributed by atoms with Gasteiger partial charge in [-0.25, -0.2) is 4.79 Å². The number of esters is 1. The van der Waals surface area contributed by atoms with Crippen LogP contribution in [0.4, 0.5) is 0 Å². The van der Waals surface area contributed by atoms with Gasteiger partial charge in [0.05, 0.1) is 32.0 Å². The number of hydrogen-bond donors (Lipinski definition) is 0. The minimum absolute atomic E-state index is 0.312. The van der Waals surface area contributed by atoms with Crippen molar-refractivity contribution < 1.29 is 23.7 Å². The molecular formula is C27H34O5S. The van der Waals surface area contributed by atoms with Crippen LogP contribution < -0.4 is 4.74 Å². The van der Waals surface area contributed by atoms with E-state index in [1.165, 1.54) is 16.0 Å². The summed E-state index contributed by atoms with van der Waals surface area (Å²) in [6.07, 6.45) is 4.23. The molecule has 0 saturated heterocycles. The molecule has 6 heteroatoms. The minimum Gasteiger partial charge on any atom is -0.493 e. The first-order chi connectivity index (χ1) is 15.8. The van der Waals surface area contributed by atoms with Crippen LogP contribution in [-0.2, 0) is 25.4 Å². The Morgan fingerprint density at radius 2 is 2.03 bits per heavy atom. The van der Waals surface area contributed by atoms with Crippen molar-refractivity contribution in [3.63, 3.8) is 0 Å². The normalized spacial score (nSPS) is 17.1. The molecule has 0 spiro atoms. The molecule has 3 heterocycles. The number of carbonyl (C=O) groups excluding carboxylic acids is 1. The van der Waals surface area contributed by atoms with Crippen molar-refractivity contribution >= 4 is 22.9 Å². The van der Waals surface area contributed by atoms with E-state index in [2.05, 4.69) is 31.2 Å². The summed E-state index contributed by atoms with van der Waals surface area (Å²) >= 11 is 1.73. The third-order valence-corrected chi connectivity index (χ3v) is 7.01. The van der Waals surface area contributed by atoms with E-state index in [1.54, 1.807) is 11.3 Å². The smallest absolute Gasteiger partial charge is 0.340 e. The van der Waals surface area contributed by atoms with Gasteiger partial charge < -0.3 is 18.9 Å². The number of hydrogen-bond acceptors (Lipinski definition) is 6. The van der Waals surface area contributed by atoms with Gasteiger partial charge in [0.15, 0.2) is 6.10 Å². The number of fused-ring (bicyclic) bond motifs is 1. The highest BCUT2D eigenvalue weighted by Crippen LogP contribution is 2.47. The molecule has 0 radical (unpaired) electrons. The van der Waals surface area contributed by atoms with Gasteiger partial charge in [-0.3, -0.25) is 0 Å². The van der Waals surface area contributed by atoms with Gasteiger partial charge in [-0.2, -0.15) is 0 Å². The van der Waals surface area contributed by atoms with Gasteiger partial charge in [0.2, 0.25) is 0 Å². The molecule has 1 aromatic heterocycles. The van der Waals surface area contributed by atoms with Gasteiger partial charge in [-0.05, 0) is 82.7 Å². The van der Waals surface area contributed by atoms with Crippen molar-refractivity contribution in [3.05, 3.63) is 45.2 Å². The highest BCUT2D eigenvalue weighted by Gasteiger charge is 2.35. The van der Waals surface area contributed by atoms with E-state index in [-0.39, 0.29) is 5.97 Å². The van der Waals surface area contributed by atoms with Gasteiger partial charge in [0, 0.05) is 20.9 Å². The van der Waals surface area contributed by atoms with Crippen LogP contribution in [0.5, 0.6) is 5.75 Å². The Morgan fingerprint density at radius 3 is 2.73 bits per heavy atom. The minimum atomic E-state index is -0.794. The van der Waals surface area contributed by atoms with Crippen LogP contribution in [0.3, 0.4) is 0 Å². The van der Waals surface area contributed by atoms with E-state index >= 15 is 0 Å². The fourth-order valence-corrected chi connectivity index (χ4v) is 5.70. The molecule has 0 saturated carbocycles. The lowest BCUT2D eigenvalue weighted by Crippen LogP contribution is -2.29. The van der Waals surface area contributed by atoms with E-state index in [0.717, 1.165) is 53.2 Å². The predicted molar refractivity (Wildman–Crippen MR) is 132 cm³/mol. The van der Waals surface area contributed by atoms with Gasteiger partial charge in [0.1, 0.15) is 5.75 Å². The molecule has 1 atom stereocenters. The van der Waals surface area contributed by atoms with Gasteiger partial charge >= 0.3 is 5.97 Å². The zero-order valence-electron chi connectivity index (χ0n) is 20.3. The maximum atomic E-state index is 13.2. The SMILES string of the molecule is CCOC(=O)C(OC(C)(C)C)c1c(C)sc(C2=CCOCC2)c1-c1ccc2c(c1)CCCO2. The molecule has 0 N–H and O–H groups in total. The highest BCUT2D eigenvalue weighted by atomic mass is 32.1. The second kappa shape index (κ2) is 10.00. The highest BCUT2D eigenvalue weighted by molar-refractivity contribution is 7.13. The van der Waals surface area contributed by atoms with Crippen LogP contribution in [-0.4, -0.2) is 38.0 Å². The number of benzene rings is 1. The Balaban J connectivity index is 1.92. The predicted octanol–water partition coefficient (Wildman–Crippen LogP) is 6.27. The second-order valence-electron chi connectivity index (χ2n) is 9.47. The third-order valence-electron chi connectivity index (χ3n) is 5.82. The third kappa shape index (κ3) is 5.34. The lowest BCUT2D eigenvalue weighted by atomic mass is 9.91. The number of ether oxygens (including phenoxy) is 4. The van der Waals surface area contributed by atoms with Crippen molar-refractivity contribution in [1.29, 1.82) is 0 Å². The monoisotopic (exact) mass is 470 g/mol. The molecule has 1 unspecified atom stereocenters. The molecule has 2 aliphatic rings. The van der Waals surface area contributed by atoms with E-state index < -0.39 is 11.7 Å². The molecule has 0 aliphatic carbocycles. The molecule has 4 rings (SSSR count). The number of rotatable bonds is 6. The van der Waals surface area contributed by atoms with Crippen LogP contribution in [0, 0.1) is 6.92 Å².